The molecule has 1 rings (SSSR count). The number of halogens is 2. The van der Waals surface area contributed by atoms with E-state index in [0.29, 0.717) is 28.5 Å². The Hall–Kier alpha value is -0.930. The number of hydrogen-bond acceptors (Lipinski definition) is 3. The Morgan fingerprint density at radius 3 is 2.25 bits per heavy atom. The van der Waals surface area contributed by atoms with Crippen LogP contribution in [0.4, 0.5) is 0 Å². The summed E-state index contributed by atoms with van der Waals surface area (Å²) in [6.07, 6.45) is 0.356. The summed E-state index contributed by atoms with van der Waals surface area (Å²) in [4.78, 5) is 11.7. The van der Waals surface area contributed by atoms with Crippen molar-refractivity contribution in [3.05, 3.63) is 21.7 Å². The van der Waals surface area contributed by atoms with Crippen LogP contribution in [0.2, 0.25) is 10.0 Å². The molecule has 0 aromatic heterocycles. The summed E-state index contributed by atoms with van der Waals surface area (Å²) < 4.78 is 10.1. The molecule has 0 aliphatic rings. The van der Waals surface area contributed by atoms with E-state index in [1.807, 2.05) is 0 Å². The van der Waals surface area contributed by atoms with Crippen LogP contribution in [-0.2, 0) is 0 Å². The molecule has 0 aliphatic carbocycles. The van der Waals surface area contributed by atoms with Crippen molar-refractivity contribution >= 4 is 29.0 Å². The number of rotatable bonds is 4. The molecule has 0 saturated carbocycles. The molecule has 88 valence electrons. The third-order valence-electron chi connectivity index (χ3n) is 2.16. The Labute approximate surface area is 104 Å². The lowest BCUT2D eigenvalue weighted by atomic mass is 10.1. The van der Waals surface area contributed by atoms with Crippen LogP contribution in [0.25, 0.3) is 0 Å². The summed E-state index contributed by atoms with van der Waals surface area (Å²) in [5.74, 6) is 0.533. The quantitative estimate of drug-likeness (QED) is 0.778. The number of hydrogen-bond donors (Lipinski definition) is 0. The molecular formula is C11H12Cl2O3. The number of Topliss-reactive ketones (excluding diaryl/α,β-unsaturated/α-hetero) is 1. The first kappa shape index (κ1) is 13.1. The standard InChI is InChI=1S/C11H12Cl2O3/c1-4-8(14)6-5-7(12)11(16-3)9(13)10(6)15-2/h5H,4H2,1-3H3. The Bertz CT molecular complexity index is 416. The first-order chi connectivity index (χ1) is 7.56. The molecule has 0 N–H and O–H groups in total. The molecule has 0 amide bonds. The molecule has 0 heterocycles. The Morgan fingerprint density at radius 1 is 1.25 bits per heavy atom. The third kappa shape index (κ3) is 2.25. The lowest BCUT2D eigenvalue weighted by Gasteiger charge is -2.13. The first-order valence-corrected chi connectivity index (χ1v) is 5.45. The van der Waals surface area contributed by atoms with Crippen molar-refractivity contribution in [2.45, 2.75) is 13.3 Å². The van der Waals surface area contributed by atoms with Gasteiger partial charge in [-0.3, -0.25) is 4.79 Å². The molecule has 0 atom stereocenters. The fraction of sp³-hybridized carbons (Fsp3) is 0.364. The van der Waals surface area contributed by atoms with Gasteiger partial charge in [0.05, 0.1) is 24.8 Å². The topological polar surface area (TPSA) is 35.5 Å². The van der Waals surface area contributed by atoms with E-state index < -0.39 is 0 Å². The summed E-state index contributed by atoms with van der Waals surface area (Å²) in [5.41, 5.74) is 0.376. The molecule has 0 aliphatic heterocycles. The normalized spacial score (nSPS) is 10.1. The van der Waals surface area contributed by atoms with Gasteiger partial charge in [-0.25, -0.2) is 0 Å². The van der Waals surface area contributed by atoms with E-state index in [1.54, 1.807) is 6.92 Å². The molecule has 0 radical (unpaired) electrons. The number of methoxy groups -OCH3 is 2. The highest BCUT2D eigenvalue weighted by Crippen LogP contribution is 2.42. The van der Waals surface area contributed by atoms with E-state index in [4.69, 9.17) is 32.7 Å². The van der Waals surface area contributed by atoms with Crippen LogP contribution in [0, 0.1) is 0 Å². The van der Waals surface area contributed by atoms with E-state index >= 15 is 0 Å². The van der Waals surface area contributed by atoms with Crippen molar-refractivity contribution in [3.8, 4) is 11.5 Å². The largest absolute Gasteiger partial charge is 0.494 e. The minimum absolute atomic E-state index is 0.0803. The number of carbonyl (C=O) groups excluding carboxylic acids is 1. The van der Waals surface area contributed by atoms with Gasteiger partial charge in [0.25, 0.3) is 0 Å². The number of benzene rings is 1. The lowest BCUT2D eigenvalue weighted by Crippen LogP contribution is -2.02. The van der Waals surface area contributed by atoms with E-state index in [9.17, 15) is 4.79 Å². The van der Waals surface area contributed by atoms with Gasteiger partial charge in [-0.05, 0) is 6.07 Å². The summed E-state index contributed by atoms with van der Waals surface area (Å²) in [7, 11) is 2.90. The fourth-order valence-electron chi connectivity index (χ4n) is 1.37. The average molecular weight is 263 g/mol. The second kappa shape index (κ2) is 5.41. The van der Waals surface area contributed by atoms with Crippen LogP contribution < -0.4 is 9.47 Å². The molecule has 0 bridgehead atoms. The van der Waals surface area contributed by atoms with Gasteiger partial charge in [0, 0.05) is 6.42 Å². The van der Waals surface area contributed by atoms with Crippen molar-refractivity contribution < 1.29 is 14.3 Å². The first-order valence-electron chi connectivity index (χ1n) is 4.69. The number of ether oxygens (including phenoxy) is 2. The Balaban J connectivity index is 3.46. The molecule has 3 nitrogen and oxygen atoms in total. The molecule has 16 heavy (non-hydrogen) atoms. The van der Waals surface area contributed by atoms with Crippen molar-refractivity contribution in [2.24, 2.45) is 0 Å². The highest BCUT2D eigenvalue weighted by molar-refractivity contribution is 6.39. The zero-order valence-electron chi connectivity index (χ0n) is 9.27. The number of ketones is 1. The van der Waals surface area contributed by atoms with E-state index in [1.165, 1.54) is 20.3 Å². The van der Waals surface area contributed by atoms with Crippen LogP contribution >= 0.6 is 23.2 Å². The second-order valence-electron chi connectivity index (χ2n) is 3.06. The van der Waals surface area contributed by atoms with Crippen molar-refractivity contribution in [1.29, 1.82) is 0 Å². The summed E-state index contributed by atoms with van der Waals surface area (Å²) in [6, 6.07) is 1.51. The van der Waals surface area contributed by atoms with Crippen molar-refractivity contribution in [1.82, 2.24) is 0 Å². The molecule has 0 saturated heterocycles. The van der Waals surface area contributed by atoms with E-state index in [-0.39, 0.29) is 10.8 Å². The maximum absolute atomic E-state index is 11.7. The van der Waals surface area contributed by atoms with Crippen LogP contribution in [0.5, 0.6) is 11.5 Å². The van der Waals surface area contributed by atoms with E-state index in [2.05, 4.69) is 0 Å². The minimum atomic E-state index is -0.0803. The highest BCUT2D eigenvalue weighted by atomic mass is 35.5. The molecule has 5 heteroatoms. The second-order valence-corrected chi connectivity index (χ2v) is 3.85. The minimum Gasteiger partial charge on any atom is -0.494 e. The van der Waals surface area contributed by atoms with Gasteiger partial charge in [-0.1, -0.05) is 30.1 Å². The van der Waals surface area contributed by atoms with Gasteiger partial charge in [0.1, 0.15) is 5.02 Å². The van der Waals surface area contributed by atoms with Crippen molar-refractivity contribution in [3.63, 3.8) is 0 Å². The lowest BCUT2D eigenvalue weighted by molar-refractivity contribution is 0.0985. The number of carbonyl (C=O) groups is 1. The van der Waals surface area contributed by atoms with Gasteiger partial charge in [-0.2, -0.15) is 0 Å². The van der Waals surface area contributed by atoms with Crippen LogP contribution in [0.1, 0.15) is 23.7 Å². The molecule has 0 fully saturated rings. The maximum Gasteiger partial charge on any atom is 0.166 e. The van der Waals surface area contributed by atoms with E-state index in [0.717, 1.165) is 0 Å². The zero-order chi connectivity index (χ0) is 12.3. The smallest absolute Gasteiger partial charge is 0.166 e. The summed E-state index contributed by atoms with van der Waals surface area (Å²) in [6.45, 7) is 1.76. The predicted octanol–water partition coefficient (Wildman–Crippen LogP) is 3.60. The van der Waals surface area contributed by atoms with Crippen LogP contribution in [-0.4, -0.2) is 20.0 Å². The molecule has 0 spiro atoms. The zero-order valence-corrected chi connectivity index (χ0v) is 10.8. The summed E-state index contributed by atoms with van der Waals surface area (Å²) in [5, 5.41) is 0.513. The highest BCUT2D eigenvalue weighted by Gasteiger charge is 2.20. The van der Waals surface area contributed by atoms with Gasteiger partial charge >= 0.3 is 0 Å². The van der Waals surface area contributed by atoms with Gasteiger partial charge < -0.3 is 9.47 Å². The van der Waals surface area contributed by atoms with Gasteiger partial charge in [0.2, 0.25) is 0 Å². The Morgan fingerprint density at radius 2 is 1.81 bits per heavy atom. The fourth-order valence-corrected chi connectivity index (χ4v) is 2.06. The predicted molar refractivity (Wildman–Crippen MR) is 64.2 cm³/mol. The van der Waals surface area contributed by atoms with Crippen LogP contribution in [0.3, 0.4) is 0 Å². The summed E-state index contributed by atoms with van der Waals surface area (Å²) >= 11 is 12.0. The molecular weight excluding hydrogens is 251 g/mol. The monoisotopic (exact) mass is 262 g/mol. The Kier molecular flexibility index (Phi) is 4.44. The SMILES string of the molecule is CCC(=O)c1cc(Cl)c(OC)c(Cl)c1OC. The molecule has 1 aromatic carbocycles. The van der Waals surface area contributed by atoms with Crippen molar-refractivity contribution in [2.75, 3.05) is 14.2 Å². The average Bonchev–Trinajstić information content (AvgIpc) is 2.28. The maximum atomic E-state index is 11.7. The molecule has 0 unspecified atom stereocenters. The van der Waals surface area contributed by atoms with Gasteiger partial charge in [-0.15, -0.1) is 0 Å². The molecule has 1 aromatic rings. The van der Waals surface area contributed by atoms with Crippen LogP contribution in [0.15, 0.2) is 6.07 Å². The van der Waals surface area contributed by atoms with Gasteiger partial charge in [0.15, 0.2) is 17.3 Å². The third-order valence-corrected chi connectivity index (χ3v) is 2.79.